The van der Waals surface area contributed by atoms with Crippen molar-refractivity contribution in [2.75, 3.05) is 16.6 Å². The van der Waals surface area contributed by atoms with E-state index < -0.39 is 10.0 Å². The molecule has 106 valence electrons. The van der Waals surface area contributed by atoms with Crippen LogP contribution < -0.4 is 10.0 Å². The van der Waals surface area contributed by atoms with Crippen LogP contribution in [-0.4, -0.2) is 19.9 Å². The molecule has 0 atom stereocenters. The molecule has 0 aliphatic carbocycles. The molecule has 0 unspecified atom stereocenters. The molecule has 0 aliphatic heterocycles. The van der Waals surface area contributed by atoms with Gasteiger partial charge in [0.05, 0.1) is 21.3 Å². The number of hydrogen-bond acceptors (Lipinski definition) is 4. The Morgan fingerprint density at radius 3 is 2.45 bits per heavy atom. The molecule has 2 rings (SSSR count). The van der Waals surface area contributed by atoms with Crippen molar-refractivity contribution in [2.24, 2.45) is 0 Å². The number of nitrogens with zero attached hydrogens (tertiary/aromatic N) is 2. The molecule has 2 N–H and O–H groups in total. The third-order valence-corrected chi connectivity index (χ3v) is 5.02. The van der Waals surface area contributed by atoms with Crippen LogP contribution in [0.2, 0.25) is 5.02 Å². The fourth-order valence-electron chi connectivity index (χ4n) is 1.80. The topological polar surface area (TPSA) is 76.3 Å². The van der Waals surface area contributed by atoms with Crippen molar-refractivity contribution in [3.63, 3.8) is 0 Å². The van der Waals surface area contributed by atoms with Gasteiger partial charge in [-0.25, -0.2) is 8.42 Å². The third kappa shape index (κ3) is 2.71. The summed E-state index contributed by atoms with van der Waals surface area (Å²) in [5.41, 5.74) is 6.50. The van der Waals surface area contributed by atoms with Crippen LogP contribution in [0.15, 0.2) is 47.6 Å². The van der Waals surface area contributed by atoms with Gasteiger partial charge in [-0.15, -0.1) is 0 Å². The number of benzene rings is 1. The zero-order valence-electron chi connectivity index (χ0n) is 10.8. The van der Waals surface area contributed by atoms with E-state index in [4.69, 9.17) is 17.3 Å². The van der Waals surface area contributed by atoms with Gasteiger partial charge in [0, 0.05) is 18.9 Å². The van der Waals surface area contributed by atoms with Crippen molar-refractivity contribution in [1.82, 2.24) is 4.98 Å². The second kappa shape index (κ2) is 5.68. The molecule has 0 amide bonds. The maximum Gasteiger partial charge on any atom is 0.264 e. The standard InChI is InChI=1S/C13H14ClN3O2S/c1-2-17(10-5-7-16-8-6-10)20(18,19)11-3-4-13(15)12(14)9-11/h3-9H,2,15H2,1H3. The third-order valence-electron chi connectivity index (χ3n) is 2.80. The monoisotopic (exact) mass is 311 g/mol. The molecule has 5 nitrogen and oxygen atoms in total. The van der Waals surface area contributed by atoms with E-state index in [9.17, 15) is 8.42 Å². The first-order valence-corrected chi connectivity index (χ1v) is 7.76. The number of hydrogen-bond donors (Lipinski definition) is 1. The van der Waals surface area contributed by atoms with Crippen LogP contribution in [0.4, 0.5) is 11.4 Å². The summed E-state index contributed by atoms with van der Waals surface area (Å²) in [6, 6.07) is 7.56. The van der Waals surface area contributed by atoms with Crippen LogP contribution in [-0.2, 0) is 10.0 Å². The van der Waals surface area contributed by atoms with Crippen molar-refractivity contribution in [2.45, 2.75) is 11.8 Å². The van der Waals surface area contributed by atoms with E-state index in [0.717, 1.165) is 0 Å². The highest BCUT2D eigenvalue weighted by molar-refractivity contribution is 7.92. The van der Waals surface area contributed by atoms with E-state index in [1.54, 1.807) is 31.5 Å². The first kappa shape index (κ1) is 14.6. The Bertz CT molecular complexity index is 705. The van der Waals surface area contributed by atoms with Crippen LogP contribution in [0, 0.1) is 0 Å². The lowest BCUT2D eigenvalue weighted by Crippen LogP contribution is -2.30. The molecular formula is C13H14ClN3O2S. The summed E-state index contributed by atoms with van der Waals surface area (Å²) in [4.78, 5) is 3.99. The van der Waals surface area contributed by atoms with Crippen LogP contribution in [0.5, 0.6) is 0 Å². The fourth-order valence-corrected chi connectivity index (χ4v) is 3.54. The number of nitrogen functional groups attached to an aromatic ring is 1. The molecule has 0 spiro atoms. The van der Waals surface area contributed by atoms with Gasteiger partial charge in [-0.3, -0.25) is 9.29 Å². The van der Waals surface area contributed by atoms with Crippen molar-refractivity contribution in [3.05, 3.63) is 47.7 Å². The van der Waals surface area contributed by atoms with Gasteiger partial charge >= 0.3 is 0 Å². The van der Waals surface area contributed by atoms with Crippen molar-refractivity contribution < 1.29 is 8.42 Å². The predicted octanol–water partition coefficient (Wildman–Crippen LogP) is 2.53. The summed E-state index contributed by atoms with van der Waals surface area (Å²) >= 11 is 5.90. The summed E-state index contributed by atoms with van der Waals surface area (Å²) in [5.74, 6) is 0. The van der Waals surface area contributed by atoms with Crippen molar-refractivity contribution >= 4 is 33.0 Å². The minimum atomic E-state index is -3.68. The number of aromatic nitrogens is 1. The average Bonchev–Trinajstić information content (AvgIpc) is 2.43. The lowest BCUT2D eigenvalue weighted by Gasteiger charge is -2.22. The number of nitrogens with two attached hydrogens (primary N) is 1. The molecule has 0 radical (unpaired) electrons. The molecule has 0 saturated heterocycles. The van der Waals surface area contributed by atoms with E-state index >= 15 is 0 Å². The highest BCUT2D eigenvalue weighted by atomic mass is 35.5. The first-order chi connectivity index (χ1) is 9.46. The maximum absolute atomic E-state index is 12.6. The van der Waals surface area contributed by atoms with Crippen LogP contribution in [0.1, 0.15) is 6.92 Å². The summed E-state index contributed by atoms with van der Waals surface area (Å²) in [6.07, 6.45) is 3.09. The number of pyridine rings is 1. The number of halogens is 1. The highest BCUT2D eigenvalue weighted by Crippen LogP contribution is 2.27. The van der Waals surface area contributed by atoms with Crippen LogP contribution in [0.3, 0.4) is 0 Å². The Morgan fingerprint density at radius 2 is 1.90 bits per heavy atom. The van der Waals surface area contributed by atoms with Gasteiger partial charge in [0.15, 0.2) is 0 Å². The fraction of sp³-hybridized carbons (Fsp3) is 0.154. The Kier molecular flexibility index (Phi) is 4.15. The number of sulfonamides is 1. The number of anilines is 2. The Hall–Kier alpha value is -1.79. The van der Waals surface area contributed by atoms with Gasteiger partial charge in [0.2, 0.25) is 0 Å². The minimum absolute atomic E-state index is 0.107. The first-order valence-electron chi connectivity index (χ1n) is 5.94. The van der Waals surface area contributed by atoms with Crippen LogP contribution in [0.25, 0.3) is 0 Å². The van der Waals surface area contributed by atoms with E-state index in [1.165, 1.54) is 22.5 Å². The molecule has 2 aromatic rings. The van der Waals surface area contributed by atoms with E-state index in [0.29, 0.717) is 17.9 Å². The maximum atomic E-state index is 12.6. The Morgan fingerprint density at radius 1 is 1.25 bits per heavy atom. The summed E-state index contributed by atoms with van der Waals surface area (Å²) in [6.45, 7) is 2.06. The lowest BCUT2D eigenvalue weighted by molar-refractivity contribution is 0.592. The smallest absolute Gasteiger partial charge is 0.264 e. The molecule has 20 heavy (non-hydrogen) atoms. The van der Waals surface area contributed by atoms with Gasteiger partial charge in [-0.1, -0.05) is 11.6 Å². The Balaban J connectivity index is 2.50. The summed E-state index contributed by atoms with van der Waals surface area (Å²) in [5, 5.41) is 0.219. The summed E-state index contributed by atoms with van der Waals surface area (Å²) < 4.78 is 26.6. The van der Waals surface area contributed by atoms with E-state index in [2.05, 4.69) is 4.98 Å². The largest absolute Gasteiger partial charge is 0.398 e. The van der Waals surface area contributed by atoms with Gasteiger partial charge in [-0.2, -0.15) is 0 Å². The predicted molar refractivity (Wildman–Crippen MR) is 80.3 cm³/mol. The van der Waals surface area contributed by atoms with E-state index in [1.807, 2.05) is 0 Å². The second-order valence-corrected chi connectivity index (χ2v) is 6.33. The van der Waals surface area contributed by atoms with Crippen molar-refractivity contribution in [3.8, 4) is 0 Å². The lowest BCUT2D eigenvalue weighted by atomic mass is 10.3. The molecule has 1 heterocycles. The minimum Gasteiger partial charge on any atom is -0.398 e. The zero-order valence-corrected chi connectivity index (χ0v) is 12.4. The molecule has 7 heteroatoms. The van der Waals surface area contributed by atoms with Gasteiger partial charge in [0.1, 0.15) is 0 Å². The second-order valence-electron chi connectivity index (χ2n) is 4.06. The molecule has 0 aliphatic rings. The van der Waals surface area contributed by atoms with Crippen molar-refractivity contribution in [1.29, 1.82) is 0 Å². The van der Waals surface area contributed by atoms with Crippen LogP contribution >= 0.6 is 11.6 Å². The Labute approximate surface area is 123 Å². The molecular weight excluding hydrogens is 298 g/mol. The SMILES string of the molecule is CCN(c1ccncc1)S(=O)(=O)c1ccc(N)c(Cl)c1. The zero-order chi connectivity index (χ0) is 14.8. The summed E-state index contributed by atoms with van der Waals surface area (Å²) in [7, 11) is -3.68. The number of rotatable bonds is 4. The molecule has 0 saturated carbocycles. The van der Waals surface area contributed by atoms with Gasteiger partial charge in [-0.05, 0) is 37.3 Å². The highest BCUT2D eigenvalue weighted by Gasteiger charge is 2.24. The molecule has 1 aromatic carbocycles. The normalized spacial score (nSPS) is 11.3. The molecule has 1 aromatic heterocycles. The molecule has 0 fully saturated rings. The average molecular weight is 312 g/mol. The van der Waals surface area contributed by atoms with E-state index in [-0.39, 0.29) is 9.92 Å². The van der Waals surface area contributed by atoms with Gasteiger partial charge < -0.3 is 5.73 Å². The molecule has 0 bridgehead atoms. The quantitative estimate of drug-likeness (QED) is 0.880. The van der Waals surface area contributed by atoms with Gasteiger partial charge in [0.25, 0.3) is 10.0 Å².